The highest BCUT2D eigenvalue weighted by Crippen LogP contribution is 2.23. The molecule has 0 fully saturated rings. The van der Waals surface area contributed by atoms with Gasteiger partial charge in [-0.25, -0.2) is 13.1 Å². The summed E-state index contributed by atoms with van der Waals surface area (Å²) in [5.41, 5.74) is 1.02. The first-order valence-electron chi connectivity index (χ1n) is 6.93. The molecule has 0 saturated heterocycles. The molecule has 22 heavy (non-hydrogen) atoms. The molecule has 0 heterocycles. The SMILES string of the molecule is Cc1ccc(S(=O)(=O)NCCCSc2ccccc2)c(Br)c1. The number of hydrogen-bond donors (Lipinski definition) is 1. The molecule has 0 aliphatic carbocycles. The standard InChI is InChI=1S/C16H18BrNO2S2/c1-13-8-9-16(15(17)12-13)22(19,20)18-10-5-11-21-14-6-3-2-4-7-14/h2-4,6-9,12,18H,5,10-11H2,1H3. The van der Waals surface area contributed by atoms with Gasteiger partial charge in [0.15, 0.2) is 0 Å². The van der Waals surface area contributed by atoms with Gasteiger partial charge >= 0.3 is 0 Å². The summed E-state index contributed by atoms with van der Waals surface area (Å²) in [5, 5.41) is 0. The molecular formula is C16H18BrNO2S2. The molecule has 0 radical (unpaired) electrons. The van der Waals surface area contributed by atoms with Crippen LogP contribution in [0.25, 0.3) is 0 Å². The Balaban J connectivity index is 1.83. The summed E-state index contributed by atoms with van der Waals surface area (Å²) in [7, 11) is -3.46. The summed E-state index contributed by atoms with van der Waals surface area (Å²) in [4.78, 5) is 1.49. The van der Waals surface area contributed by atoms with E-state index in [2.05, 4.69) is 32.8 Å². The number of sulfonamides is 1. The van der Waals surface area contributed by atoms with E-state index in [9.17, 15) is 8.42 Å². The molecule has 2 rings (SSSR count). The van der Waals surface area contributed by atoms with Crippen LogP contribution in [0.15, 0.2) is 62.8 Å². The van der Waals surface area contributed by atoms with E-state index in [1.54, 1.807) is 30.0 Å². The first-order valence-corrected chi connectivity index (χ1v) is 10.2. The van der Waals surface area contributed by atoms with E-state index in [1.807, 2.05) is 25.1 Å². The van der Waals surface area contributed by atoms with Gasteiger partial charge in [-0.15, -0.1) is 11.8 Å². The van der Waals surface area contributed by atoms with Crippen molar-refractivity contribution in [2.45, 2.75) is 23.1 Å². The molecule has 0 aliphatic heterocycles. The second-order valence-electron chi connectivity index (χ2n) is 4.85. The minimum Gasteiger partial charge on any atom is -0.211 e. The predicted octanol–water partition coefficient (Wildman–Crippen LogP) is 4.22. The second kappa shape index (κ2) is 8.15. The van der Waals surface area contributed by atoms with E-state index >= 15 is 0 Å². The lowest BCUT2D eigenvalue weighted by molar-refractivity contribution is 0.580. The smallest absolute Gasteiger partial charge is 0.211 e. The van der Waals surface area contributed by atoms with Crippen LogP contribution in [0.1, 0.15) is 12.0 Å². The fraction of sp³-hybridized carbons (Fsp3) is 0.250. The van der Waals surface area contributed by atoms with Gasteiger partial charge < -0.3 is 0 Å². The number of halogens is 1. The molecule has 0 atom stereocenters. The lowest BCUT2D eigenvalue weighted by Gasteiger charge is -2.09. The van der Waals surface area contributed by atoms with E-state index < -0.39 is 10.0 Å². The van der Waals surface area contributed by atoms with Crippen LogP contribution in [-0.2, 0) is 10.0 Å². The lowest BCUT2D eigenvalue weighted by Crippen LogP contribution is -2.25. The van der Waals surface area contributed by atoms with Crippen LogP contribution < -0.4 is 4.72 Å². The van der Waals surface area contributed by atoms with Crippen molar-refractivity contribution in [2.75, 3.05) is 12.3 Å². The quantitative estimate of drug-likeness (QED) is 0.559. The van der Waals surface area contributed by atoms with Crippen LogP contribution in [0.3, 0.4) is 0 Å². The Hall–Kier alpha value is -0.820. The zero-order valence-corrected chi connectivity index (χ0v) is 15.5. The third-order valence-corrected chi connectivity index (χ3v) is 6.54. The summed E-state index contributed by atoms with van der Waals surface area (Å²) < 4.78 is 27.7. The molecule has 2 aromatic carbocycles. The van der Waals surface area contributed by atoms with E-state index in [0.29, 0.717) is 11.0 Å². The third kappa shape index (κ3) is 5.12. The summed E-state index contributed by atoms with van der Waals surface area (Å²) >= 11 is 5.04. The predicted molar refractivity (Wildman–Crippen MR) is 95.9 cm³/mol. The van der Waals surface area contributed by atoms with Gasteiger partial charge in [-0.3, -0.25) is 0 Å². The van der Waals surface area contributed by atoms with Crippen molar-refractivity contribution in [3.63, 3.8) is 0 Å². The summed E-state index contributed by atoms with van der Waals surface area (Å²) in [5.74, 6) is 0.877. The van der Waals surface area contributed by atoms with Gasteiger partial charge in [-0.2, -0.15) is 0 Å². The summed E-state index contributed by atoms with van der Waals surface area (Å²) in [6, 6.07) is 15.3. The van der Waals surface area contributed by atoms with Crippen LogP contribution in [0.2, 0.25) is 0 Å². The Morgan fingerprint density at radius 3 is 2.55 bits per heavy atom. The normalized spacial score (nSPS) is 11.5. The molecule has 1 N–H and O–H groups in total. The molecule has 6 heteroatoms. The maximum absolute atomic E-state index is 12.2. The molecular weight excluding hydrogens is 382 g/mol. The molecule has 0 bridgehead atoms. The van der Waals surface area contributed by atoms with E-state index in [-0.39, 0.29) is 4.90 Å². The molecule has 0 spiro atoms. The summed E-state index contributed by atoms with van der Waals surface area (Å²) in [6.07, 6.45) is 0.780. The molecule has 3 nitrogen and oxygen atoms in total. The minimum atomic E-state index is -3.46. The zero-order chi connectivity index (χ0) is 16.0. The molecule has 0 saturated carbocycles. The van der Waals surface area contributed by atoms with E-state index in [0.717, 1.165) is 17.7 Å². The highest BCUT2D eigenvalue weighted by molar-refractivity contribution is 9.10. The Kier molecular flexibility index (Phi) is 6.50. The fourth-order valence-corrected chi connectivity index (χ4v) is 5.02. The Bertz CT molecular complexity index is 718. The van der Waals surface area contributed by atoms with Gasteiger partial charge in [0.1, 0.15) is 0 Å². The van der Waals surface area contributed by atoms with Crippen LogP contribution >= 0.6 is 27.7 Å². The van der Waals surface area contributed by atoms with E-state index in [4.69, 9.17) is 0 Å². The Labute approximate surface area is 144 Å². The highest BCUT2D eigenvalue weighted by atomic mass is 79.9. The average Bonchev–Trinajstić information content (AvgIpc) is 2.47. The molecule has 0 aromatic heterocycles. The van der Waals surface area contributed by atoms with Crippen LogP contribution in [-0.4, -0.2) is 20.7 Å². The highest BCUT2D eigenvalue weighted by Gasteiger charge is 2.16. The first kappa shape index (κ1) is 17.5. The van der Waals surface area contributed by atoms with Crippen molar-refractivity contribution in [3.8, 4) is 0 Å². The topological polar surface area (TPSA) is 46.2 Å². The average molecular weight is 400 g/mol. The van der Waals surface area contributed by atoms with Crippen LogP contribution in [0.4, 0.5) is 0 Å². The minimum absolute atomic E-state index is 0.286. The number of rotatable bonds is 7. The number of hydrogen-bond acceptors (Lipinski definition) is 3. The van der Waals surface area contributed by atoms with Gasteiger partial charge in [-0.1, -0.05) is 24.3 Å². The van der Waals surface area contributed by atoms with Crippen molar-refractivity contribution in [1.82, 2.24) is 4.72 Å². The number of aryl methyl sites for hydroxylation is 1. The number of benzene rings is 2. The largest absolute Gasteiger partial charge is 0.241 e. The van der Waals surface area contributed by atoms with Crippen molar-refractivity contribution >= 4 is 37.7 Å². The second-order valence-corrected chi connectivity index (χ2v) is 8.60. The Morgan fingerprint density at radius 2 is 1.86 bits per heavy atom. The monoisotopic (exact) mass is 399 g/mol. The maximum atomic E-state index is 12.2. The van der Waals surface area contributed by atoms with Crippen LogP contribution in [0.5, 0.6) is 0 Å². The molecule has 0 amide bonds. The van der Waals surface area contributed by atoms with Crippen LogP contribution in [0, 0.1) is 6.92 Å². The molecule has 0 unspecified atom stereocenters. The fourth-order valence-electron chi connectivity index (χ4n) is 1.89. The maximum Gasteiger partial charge on any atom is 0.241 e. The van der Waals surface area contributed by atoms with Gasteiger partial charge in [-0.05, 0) is 64.9 Å². The van der Waals surface area contributed by atoms with Crippen molar-refractivity contribution in [1.29, 1.82) is 0 Å². The van der Waals surface area contributed by atoms with Gasteiger partial charge in [0.25, 0.3) is 0 Å². The van der Waals surface area contributed by atoms with Crippen molar-refractivity contribution < 1.29 is 8.42 Å². The third-order valence-electron chi connectivity index (χ3n) is 3.00. The van der Waals surface area contributed by atoms with Gasteiger partial charge in [0.05, 0.1) is 4.90 Å². The molecule has 2 aromatic rings. The van der Waals surface area contributed by atoms with Crippen molar-refractivity contribution in [3.05, 3.63) is 58.6 Å². The number of nitrogens with one attached hydrogen (secondary N) is 1. The van der Waals surface area contributed by atoms with E-state index in [1.165, 1.54) is 4.90 Å². The molecule has 0 aliphatic rings. The number of thioether (sulfide) groups is 1. The summed E-state index contributed by atoms with van der Waals surface area (Å²) in [6.45, 7) is 2.36. The van der Waals surface area contributed by atoms with Gasteiger partial charge in [0, 0.05) is 15.9 Å². The first-order chi connectivity index (χ1) is 10.5. The Morgan fingerprint density at radius 1 is 1.14 bits per heavy atom. The van der Waals surface area contributed by atoms with Gasteiger partial charge in [0.2, 0.25) is 10.0 Å². The molecule has 118 valence electrons. The lowest BCUT2D eigenvalue weighted by atomic mass is 10.2. The zero-order valence-electron chi connectivity index (χ0n) is 12.3. The van der Waals surface area contributed by atoms with Crippen molar-refractivity contribution in [2.24, 2.45) is 0 Å².